The quantitative estimate of drug-likeness (QED) is 0.655. The monoisotopic (exact) mass is 169 g/mol. The summed E-state index contributed by atoms with van der Waals surface area (Å²) >= 11 is 0. The molecule has 1 atom stereocenters. The van der Waals surface area contributed by atoms with E-state index in [2.05, 4.69) is 5.10 Å². The van der Waals surface area contributed by atoms with Gasteiger partial charge in [0.15, 0.2) is 0 Å². The van der Waals surface area contributed by atoms with Gasteiger partial charge >= 0.3 is 0 Å². The maximum Gasteiger partial charge on any atom is 0.252 e. The van der Waals surface area contributed by atoms with Crippen molar-refractivity contribution < 1.29 is 4.79 Å². The van der Waals surface area contributed by atoms with Crippen molar-refractivity contribution in [2.45, 2.75) is 20.3 Å². The summed E-state index contributed by atoms with van der Waals surface area (Å²) in [7, 11) is 0. The smallest absolute Gasteiger partial charge is 0.252 e. The predicted octanol–water partition coefficient (Wildman–Crippen LogP) is 0.189. The first kappa shape index (κ1) is 9.19. The molecule has 0 saturated heterocycles. The van der Waals surface area contributed by atoms with Gasteiger partial charge in [-0.3, -0.25) is 4.79 Å². The van der Waals surface area contributed by atoms with Crippen molar-refractivity contribution in [1.82, 2.24) is 5.01 Å². The van der Waals surface area contributed by atoms with Crippen LogP contribution >= 0.6 is 0 Å². The van der Waals surface area contributed by atoms with E-state index in [9.17, 15) is 4.79 Å². The molecule has 1 amide bonds. The first-order valence-corrected chi connectivity index (χ1v) is 4.27. The van der Waals surface area contributed by atoms with Gasteiger partial charge in [-0.25, -0.2) is 5.01 Å². The molecule has 1 unspecified atom stereocenters. The highest BCUT2D eigenvalue weighted by Gasteiger charge is 2.31. The maximum atomic E-state index is 11.5. The molecule has 68 valence electrons. The Morgan fingerprint density at radius 2 is 2.33 bits per heavy atom. The Kier molecular flexibility index (Phi) is 2.81. The fourth-order valence-electron chi connectivity index (χ4n) is 1.31. The first-order valence-electron chi connectivity index (χ1n) is 4.27. The molecule has 0 aliphatic carbocycles. The first-order chi connectivity index (χ1) is 5.70. The van der Waals surface area contributed by atoms with Crippen LogP contribution in [-0.4, -0.2) is 29.7 Å². The average molecular weight is 169 g/mol. The van der Waals surface area contributed by atoms with Crippen LogP contribution < -0.4 is 5.73 Å². The van der Waals surface area contributed by atoms with E-state index < -0.39 is 0 Å². The molecular weight excluding hydrogens is 154 g/mol. The van der Waals surface area contributed by atoms with E-state index in [0.29, 0.717) is 13.1 Å². The van der Waals surface area contributed by atoms with Crippen molar-refractivity contribution in [3.05, 3.63) is 0 Å². The summed E-state index contributed by atoms with van der Waals surface area (Å²) in [5.74, 6) is -0.117. The summed E-state index contributed by atoms with van der Waals surface area (Å²) in [6.07, 6.45) is 0.930. The Morgan fingerprint density at radius 3 is 2.75 bits per heavy atom. The van der Waals surface area contributed by atoms with Gasteiger partial charge in [-0.15, -0.1) is 0 Å². The number of hydrogen-bond acceptors (Lipinski definition) is 3. The number of nitrogens with zero attached hydrogens (tertiary/aromatic N) is 2. The highest BCUT2D eigenvalue weighted by atomic mass is 16.2. The molecular formula is C8H15N3O. The lowest BCUT2D eigenvalue weighted by atomic mass is 10.1. The van der Waals surface area contributed by atoms with Gasteiger partial charge in [0.1, 0.15) is 0 Å². The van der Waals surface area contributed by atoms with Crippen molar-refractivity contribution in [2.24, 2.45) is 16.8 Å². The van der Waals surface area contributed by atoms with Gasteiger partial charge in [-0.2, -0.15) is 5.10 Å². The van der Waals surface area contributed by atoms with Gasteiger partial charge in [0.2, 0.25) is 0 Å². The molecule has 0 radical (unpaired) electrons. The van der Waals surface area contributed by atoms with Gasteiger partial charge in [0, 0.05) is 18.8 Å². The molecule has 0 aromatic rings. The van der Waals surface area contributed by atoms with E-state index in [0.717, 1.165) is 12.1 Å². The third kappa shape index (κ3) is 1.48. The summed E-state index contributed by atoms with van der Waals surface area (Å²) in [6.45, 7) is 4.94. The lowest BCUT2D eigenvalue weighted by molar-refractivity contribution is -0.131. The molecule has 0 saturated carbocycles. The van der Waals surface area contributed by atoms with Crippen molar-refractivity contribution in [3.63, 3.8) is 0 Å². The van der Waals surface area contributed by atoms with E-state index >= 15 is 0 Å². The molecule has 1 rings (SSSR count). The van der Waals surface area contributed by atoms with Crippen LogP contribution in [0, 0.1) is 5.92 Å². The van der Waals surface area contributed by atoms with Gasteiger partial charge in [0.25, 0.3) is 5.91 Å². The minimum atomic E-state index is -0.170. The van der Waals surface area contributed by atoms with Crippen LogP contribution in [0.4, 0.5) is 0 Å². The topological polar surface area (TPSA) is 58.7 Å². The normalized spacial score (nSPS) is 23.2. The fourth-order valence-corrected chi connectivity index (χ4v) is 1.31. The lowest BCUT2D eigenvalue weighted by Gasteiger charge is -2.11. The second-order valence-corrected chi connectivity index (χ2v) is 2.99. The second kappa shape index (κ2) is 3.67. The third-order valence-corrected chi connectivity index (χ3v) is 2.01. The van der Waals surface area contributed by atoms with Gasteiger partial charge in [-0.1, -0.05) is 6.92 Å². The summed E-state index contributed by atoms with van der Waals surface area (Å²) < 4.78 is 0. The van der Waals surface area contributed by atoms with E-state index in [-0.39, 0.29) is 11.8 Å². The molecule has 2 N–H and O–H groups in total. The third-order valence-electron chi connectivity index (χ3n) is 2.01. The Hall–Kier alpha value is -0.900. The van der Waals surface area contributed by atoms with Crippen LogP contribution in [-0.2, 0) is 4.79 Å². The Labute approximate surface area is 72.4 Å². The number of hydrogen-bond donors (Lipinski definition) is 1. The molecule has 12 heavy (non-hydrogen) atoms. The molecule has 4 nitrogen and oxygen atoms in total. The lowest BCUT2D eigenvalue weighted by Crippen LogP contribution is -2.32. The molecule has 0 fully saturated rings. The predicted molar refractivity (Wildman–Crippen MR) is 47.7 cm³/mol. The highest BCUT2D eigenvalue weighted by molar-refractivity contribution is 6.07. The van der Waals surface area contributed by atoms with Gasteiger partial charge in [-0.05, 0) is 13.3 Å². The molecule has 0 bridgehead atoms. The number of nitrogens with two attached hydrogens (primary N) is 1. The highest BCUT2D eigenvalue weighted by Crippen LogP contribution is 2.14. The number of carbonyl (C=O) groups excluding carboxylic acids is 1. The number of carbonyl (C=O) groups is 1. The molecule has 1 aliphatic heterocycles. The van der Waals surface area contributed by atoms with Crippen molar-refractivity contribution in [3.8, 4) is 0 Å². The molecule has 1 heterocycles. The summed E-state index contributed by atoms with van der Waals surface area (Å²) in [6, 6.07) is 0. The SMILES string of the molecule is CCCN1N=C(C)C(CN)C1=O. The minimum Gasteiger partial charge on any atom is -0.329 e. The van der Waals surface area contributed by atoms with Crippen LogP contribution in [0.1, 0.15) is 20.3 Å². The van der Waals surface area contributed by atoms with Crippen LogP contribution in [0.2, 0.25) is 0 Å². The molecule has 0 spiro atoms. The summed E-state index contributed by atoms with van der Waals surface area (Å²) in [5.41, 5.74) is 6.29. The fraction of sp³-hybridized carbons (Fsp3) is 0.750. The average Bonchev–Trinajstić information content (AvgIpc) is 2.29. The molecule has 0 aromatic heterocycles. The Bertz CT molecular complexity index is 212. The Balaban J connectivity index is 2.66. The van der Waals surface area contributed by atoms with Gasteiger partial charge < -0.3 is 5.73 Å². The standard InChI is InChI=1S/C8H15N3O/c1-3-4-11-8(12)7(5-9)6(2)10-11/h7H,3-5,9H2,1-2H3. The molecule has 1 aliphatic rings. The summed E-state index contributed by atoms with van der Waals surface area (Å²) in [5, 5.41) is 5.65. The maximum absolute atomic E-state index is 11.5. The number of hydrazone groups is 1. The Morgan fingerprint density at radius 1 is 1.67 bits per heavy atom. The van der Waals surface area contributed by atoms with Crippen LogP contribution in [0.25, 0.3) is 0 Å². The van der Waals surface area contributed by atoms with Crippen molar-refractivity contribution in [1.29, 1.82) is 0 Å². The molecule has 4 heteroatoms. The zero-order valence-corrected chi connectivity index (χ0v) is 7.58. The van der Waals surface area contributed by atoms with E-state index in [1.165, 1.54) is 5.01 Å². The molecule has 0 aromatic carbocycles. The van der Waals surface area contributed by atoms with E-state index in [1.54, 1.807) is 0 Å². The van der Waals surface area contributed by atoms with Crippen LogP contribution in [0.5, 0.6) is 0 Å². The second-order valence-electron chi connectivity index (χ2n) is 2.99. The van der Waals surface area contributed by atoms with Gasteiger partial charge in [0.05, 0.1) is 5.92 Å². The summed E-state index contributed by atoms with van der Waals surface area (Å²) in [4.78, 5) is 11.5. The van der Waals surface area contributed by atoms with E-state index in [1.807, 2.05) is 13.8 Å². The number of rotatable bonds is 3. The van der Waals surface area contributed by atoms with Crippen LogP contribution in [0.3, 0.4) is 0 Å². The zero-order valence-electron chi connectivity index (χ0n) is 7.58. The van der Waals surface area contributed by atoms with E-state index in [4.69, 9.17) is 5.73 Å². The van der Waals surface area contributed by atoms with Crippen LogP contribution in [0.15, 0.2) is 5.10 Å². The largest absolute Gasteiger partial charge is 0.329 e. The zero-order chi connectivity index (χ0) is 9.14. The van der Waals surface area contributed by atoms with Crippen molar-refractivity contribution >= 4 is 11.6 Å². The minimum absolute atomic E-state index is 0.0526. The number of amides is 1. The van der Waals surface area contributed by atoms with Crippen molar-refractivity contribution in [2.75, 3.05) is 13.1 Å².